The highest BCUT2D eigenvalue weighted by Crippen LogP contribution is 2.30. The minimum absolute atomic E-state index is 0.602. The first-order chi connectivity index (χ1) is 9.31. The molecule has 1 aromatic heterocycles. The van der Waals surface area contributed by atoms with Gasteiger partial charge < -0.3 is 10.3 Å². The standard InChI is InChI=1S/C14H25N5/c1-3-7-12-13(18-15)16-10-17-14(12)19-9-6-5-8-11(19)4-2/h10-11H,3-9,15H2,1-2H3,(H,16,17,18). The second kappa shape index (κ2) is 6.70. The van der Waals surface area contributed by atoms with Gasteiger partial charge in [0.05, 0.1) is 0 Å². The molecule has 2 heterocycles. The molecule has 0 radical (unpaired) electrons. The lowest BCUT2D eigenvalue weighted by Gasteiger charge is -2.37. The summed E-state index contributed by atoms with van der Waals surface area (Å²) in [5.41, 5.74) is 3.87. The van der Waals surface area contributed by atoms with E-state index in [1.165, 1.54) is 25.7 Å². The largest absolute Gasteiger partial charge is 0.353 e. The fraction of sp³-hybridized carbons (Fsp3) is 0.714. The van der Waals surface area contributed by atoms with Crippen molar-refractivity contribution in [1.29, 1.82) is 0 Å². The summed E-state index contributed by atoms with van der Waals surface area (Å²) < 4.78 is 0. The van der Waals surface area contributed by atoms with Crippen molar-refractivity contribution in [2.75, 3.05) is 16.9 Å². The van der Waals surface area contributed by atoms with Gasteiger partial charge in [0, 0.05) is 18.2 Å². The van der Waals surface area contributed by atoms with Gasteiger partial charge in [-0.25, -0.2) is 15.8 Å². The molecule has 1 unspecified atom stereocenters. The van der Waals surface area contributed by atoms with E-state index in [0.717, 1.165) is 36.6 Å². The third-order valence-corrected chi connectivity index (χ3v) is 3.93. The van der Waals surface area contributed by atoms with E-state index in [4.69, 9.17) is 5.84 Å². The number of nitrogen functional groups attached to an aromatic ring is 1. The number of piperidine rings is 1. The molecule has 1 aromatic rings. The Balaban J connectivity index is 2.36. The quantitative estimate of drug-likeness (QED) is 0.631. The molecule has 1 saturated heterocycles. The summed E-state index contributed by atoms with van der Waals surface area (Å²) in [6.07, 6.45) is 8.65. The van der Waals surface area contributed by atoms with Gasteiger partial charge in [0.2, 0.25) is 0 Å². The average molecular weight is 263 g/mol. The predicted octanol–water partition coefficient (Wildman–Crippen LogP) is 2.48. The molecule has 3 N–H and O–H groups in total. The molecule has 1 aliphatic rings. The molecule has 0 amide bonds. The molecule has 0 aliphatic carbocycles. The van der Waals surface area contributed by atoms with Gasteiger partial charge in [0.1, 0.15) is 18.0 Å². The number of nitrogens with zero attached hydrogens (tertiary/aromatic N) is 3. The van der Waals surface area contributed by atoms with Crippen molar-refractivity contribution in [3.05, 3.63) is 11.9 Å². The van der Waals surface area contributed by atoms with Crippen molar-refractivity contribution in [3.8, 4) is 0 Å². The van der Waals surface area contributed by atoms with Crippen LogP contribution in [0.1, 0.15) is 51.5 Å². The van der Waals surface area contributed by atoms with Gasteiger partial charge in [-0.05, 0) is 32.1 Å². The number of hydrogen-bond acceptors (Lipinski definition) is 5. The lowest BCUT2D eigenvalue weighted by molar-refractivity contribution is 0.445. The summed E-state index contributed by atoms with van der Waals surface area (Å²) >= 11 is 0. The van der Waals surface area contributed by atoms with E-state index < -0.39 is 0 Å². The van der Waals surface area contributed by atoms with Crippen molar-refractivity contribution in [2.45, 2.75) is 58.4 Å². The first-order valence-electron chi connectivity index (χ1n) is 7.38. The zero-order valence-corrected chi connectivity index (χ0v) is 12.0. The Morgan fingerprint density at radius 2 is 2.21 bits per heavy atom. The Morgan fingerprint density at radius 3 is 2.89 bits per heavy atom. The van der Waals surface area contributed by atoms with Gasteiger partial charge in [-0.3, -0.25) is 0 Å². The van der Waals surface area contributed by atoms with Crippen molar-refractivity contribution in [2.24, 2.45) is 5.84 Å². The van der Waals surface area contributed by atoms with Crippen LogP contribution >= 0.6 is 0 Å². The molecule has 0 bridgehead atoms. The van der Waals surface area contributed by atoms with Crippen LogP contribution < -0.4 is 16.2 Å². The van der Waals surface area contributed by atoms with Crippen LogP contribution in [-0.2, 0) is 6.42 Å². The van der Waals surface area contributed by atoms with Gasteiger partial charge >= 0.3 is 0 Å². The summed E-state index contributed by atoms with van der Waals surface area (Å²) in [6, 6.07) is 0.602. The second-order valence-corrected chi connectivity index (χ2v) is 5.17. The van der Waals surface area contributed by atoms with Crippen LogP contribution in [0.15, 0.2) is 6.33 Å². The first-order valence-corrected chi connectivity index (χ1v) is 7.38. The molecular formula is C14H25N5. The number of hydrogen-bond donors (Lipinski definition) is 2. The number of hydrazine groups is 1. The van der Waals surface area contributed by atoms with Crippen molar-refractivity contribution >= 4 is 11.6 Å². The number of anilines is 2. The summed E-state index contributed by atoms with van der Waals surface area (Å²) in [7, 11) is 0. The number of nitrogens with one attached hydrogen (secondary N) is 1. The highest BCUT2D eigenvalue weighted by molar-refractivity contribution is 5.59. The second-order valence-electron chi connectivity index (χ2n) is 5.17. The molecule has 0 aromatic carbocycles. The van der Waals surface area contributed by atoms with Gasteiger partial charge in [0.15, 0.2) is 0 Å². The van der Waals surface area contributed by atoms with Crippen molar-refractivity contribution in [3.63, 3.8) is 0 Å². The zero-order chi connectivity index (χ0) is 13.7. The minimum atomic E-state index is 0.602. The van der Waals surface area contributed by atoms with E-state index in [-0.39, 0.29) is 0 Å². The maximum absolute atomic E-state index is 5.59. The Kier molecular flexibility index (Phi) is 4.96. The molecular weight excluding hydrogens is 238 g/mol. The molecule has 1 atom stereocenters. The lowest BCUT2D eigenvalue weighted by Crippen LogP contribution is -2.40. The van der Waals surface area contributed by atoms with Gasteiger partial charge in [-0.2, -0.15) is 0 Å². The highest BCUT2D eigenvalue weighted by atomic mass is 15.3. The summed E-state index contributed by atoms with van der Waals surface area (Å²) in [6.45, 7) is 5.52. The molecule has 5 nitrogen and oxygen atoms in total. The molecule has 5 heteroatoms. The number of aromatic nitrogens is 2. The molecule has 19 heavy (non-hydrogen) atoms. The topological polar surface area (TPSA) is 67.1 Å². The average Bonchev–Trinajstić information content (AvgIpc) is 2.47. The molecule has 106 valence electrons. The van der Waals surface area contributed by atoms with E-state index in [0.29, 0.717) is 6.04 Å². The fourth-order valence-electron chi connectivity index (χ4n) is 2.96. The monoisotopic (exact) mass is 263 g/mol. The maximum Gasteiger partial charge on any atom is 0.148 e. The highest BCUT2D eigenvalue weighted by Gasteiger charge is 2.25. The summed E-state index contributed by atoms with van der Waals surface area (Å²) in [4.78, 5) is 11.3. The normalized spacial score (nSPS) is 19.5. The Hall–Kier alpha value is -1.36. The number of nitrogens with two attached hydrogens (primary N) is 1. The van der Waals surface area contributed by atoms with Crippen LogP contribution in [-0.4, -0.2) is 22.6 Å². The molecule has 2 rings (SSSR count). The third kappa shape index (κ3) is 2.97. The number of rotatable bonds is 5. The predicted molar refractivity (Wildman–Crippen MR) is 79.1 cm³/mol. The van der Waals surface area contributed by atoms with Gasteiger partial charge in [-0.1, -0.05) is 20.3 Å². The smallest absolute Gasteiger partial charge is 0.148 e. The lowest BCUT2D eigenvalue weighted by atomic mass is 9.99. The fourth-order valence-corrected chi connectivity index (χ4v) is 2.96. The van der Waals surface area contributed by atoms with E-state index in [1.54, 1.807) is 6.33 Å². The Bertz CT molecular complexity index is 407. The SMILES string of the molecule is CCCc1c(NN)ncnc1N1CCCCC1CC. The van der Waals surface area contributed by atoms with E-state index in [1.807, 2.05) is 0 Å². The van der Waals surface area contributed by atoms with E-state index in [2.05, 4.69) is 34.1 Å². The van der Waals surface area contributed by atoms with Crippen LogP contribution in [0.4, 0.5) is 11.6 Å². The van der Waals surface area contributed by atoms with Crippen LogP contribution in [0.5, 0.6) is 0 Å². The van der Waals surface area contributed by atoms with E-state index in [9.17, 15) is 0 Å². The van der Waals surface area contributed by atoms with Crippen molar-refractivity contribution < 1.29 is 0 Å². The minimum Gasteiger partial charge on any atom is -0.353 e. The van der Waals surface area contributed by atoms with Gasteiger partial charge in [0.25, 0.3) is 0 Å². The van der Waals surface area contributed by atoms with Crippen molar-refractivity contribution in [1.82, 2.24) is 9.97 Å². The van der Waals surface area contributed by atoms with Crippen LogP contribution in [0.3, 0.4) is 0 Å². The zero-order valence-electron chi connectivity index (χ0n) is 12.0. The van der Waals surface area contributed by atoms with Crippen LogP contribution in [0.25, 0.3) is 0 Å². The molecule has 1 aliphatic heterocycles. The molecule has 0 spiro atoms. The maximum atomic E-state index is 5.59. The van der Waals surface area contributed by atoms with Crippen LogP contribution in [0.2, 0.25) is 0 Å². The summed E-state index contributed by atoms with van der Waals surface area (Å²) in [5.74, 6) is 7.44. The summed E-state index contributed by atoms with van der Waals surface area (Å²) in [5, 5.41) is 0. The first kappa shape index (κ1) is 14.1. The van der Waals surface area contributed by atoms with E-state index >= 15 is 0 Å². The molecule has 1 fully saturated rings. The third-order valence-electron chi connectivity index (χ3n) is 3.93. The van der Waals surface area contributed by atoms with Crippen LogP contribution in [0, 0.1) is 0 Å². The van der Waals surface area contributed by atoms with Gasteiger partial charge in [-0.15, -0.1) is 0 Å². The Morgan fingerprint density at radius 1 is 1.37 bits per heavy atom. The Labute approximate surface area is 115 Å². The molecule has 0 saturated carbocycles.